The third-order valence-electron chi connectivity index (χ3n) is 5.57. The second-order valence-electron chi connectivity index (χ2n) is 8.20. The number of amides is 2. The lowest BCUT2D eigenvalue weighted by Crippen LogP contribution is -2.64. The molecule has 0 aliphatic carbocycles. The predicted octanol–water partition coefficient (Wildman–Crippen LogP) is 3.82. The highest BCUT2D eigenvalue weighted by atomic mass is 16.2. The lowest BCUT2D eigenvalue weighted by atomic mass is 9.94. The summed E-state index contributed by atoms with van der Waals surface area (Å²) in [4.78, 5) is 28.3. The van der Waals surface area contributed by atoms with Crippen LogP contribution in [-0.2, 0) is 11.3 Å². The smallest absolute Gasteiger partial charge is 0.271 e. The van der Waals surface area contributed by atoms with Gasteiger partial charge in [0.2, 0.25) is 5.91 Å². The first kappa shape index (κ1) is 19.5. The number of carbonyl (C=O) groups excluding carboxylic acids is 2. The molecule has 1 aliphatic rings. The molecule has 1 aromatic heterocycles. The fraction of sp³-hybridized carbons (Fsp3) is 0.545. The van der Waals surface area contributed by atoms with Gasteiger partial charge in [0, 0.05) is 24.0 Å². The van der Waals surface area contributed by atoms with Crippen LogP contribution in [0.3, 0.4) is 0 Å². The second-order valence-corrected chi connectivity index (χ2v) is 8.20. The topological polar surface area (TPSA) is 54.3 Å². The molecule has 1 aliphatic heterocycles. The van der Waals surface area contributed by atoms with Crippen LogP contribution < -0.4 is 5.32 Å². The number of fused-ring (bicyclic) bond motifs is 3. The molecule has 0 unspecified atom stereocenters. The molecule has 0 fully saturated rings. The SMILES string of the molecule is CCCCN1C(=O)c2cc3ccccc3n2C[C@]1(C)C(=O)NCCC(C)C. The van der Waals surface area contributed by atoms with E-state index in [-0.39, 0.29) is 11.8 Å². The first-order valence-electron chi connectivity index (χ1n) is 10.1. The van der Waals surface area contributed by atoms with Crippen molar-refractivity contribution in [2.24, 2.45) is 5.92 Å². The molecule has 27 heavy (non-hydrogen) atoms. The third-order valence-corrected chi connectivity index (χ3v) is 5.57. The zero-order chi connectivity index (χ0) is 19.6. The monoisotopic (exact) mass is 369 g/mol. The number of benzene rings is 1. The average molecular weight is 370 g/mol. The second kappa shape index (κ2) is 7.75. The van der Waals surface area contributed by atoms with E-state index in [1.807, 2.05) is 41.8 Å². The van der Waals surface area contributed by atoms with Gasteiger partial charge >= 0.3 is 0 Å². The van der Waals surface area contributed by atoms with Crippen molar-refractivity contribution in [1.82, 2.24) is 14.8 Å². The summed E-state index contributed by atoms with van der Waals surface area (Å²) < 4.78 is 2.02. The third kappa shape index (κ3) is 3.60. The van der Waals surface area contributed by atoms with E-state index >= 15 is 0 Å². The average Bonchev–Trinajstić information content (AvgIpc) is 3.00. The van der Waals surface area contributed by atoms with Gasteiger partial charge in [0.05, 0.1) is 6.54 Å². The van der Waals surface area contributed by atoms with Gasteiger partial charge in [0.25, 0.3) is 5.91 Å². The molecular formula is C22H31N3O2. The van der Waals surface area contributed by atoms with E-state index < -0.39 is 5.54 Å². The number of rotatable bonds is 7. The zero-order valence-corrected chi connectivity index (χ0v) is 16.9. The van der Waals surface area contributed by atoms with E-state index in [0.717, 1.165) is 30.2 Å². The summed E-state index contributed by atoms with van der Waals surface area (Å²) in [5.74, 6) is 0.422. The Balaban J connectivity index is 1.97. The van der Waals surface area contributed by atoms with Gasteiger partial charge in [-0.05, 0) is 37.8 Å². The molecule has 2 amide bonds. The van der Waals surface area contributed by atoms with Crippen LogP contribution in [0.5, 0.6) is 0 Å². The largest absolute Gasteiger partial charge is 0.354 e. The number of hydrogen-bond donors (Lipinski definition) is 1. The molecule has 146 valence electrons. The van der Waals surface area contributed by atoms with E-state index in [1.165, 1.54) is 0 Å². The number of nitrogens with zero attached hydrogens (tertiary/aromatic N) is 2. The van der Waals surface area contributed by atoms with Crippen LogP contribution in [-0.4, -0.2) is 39.9 Å². The Morgan fingerprint density at radius 2 is 2.04 bits per heavy atom. The summed E-state index contributed by atoms with van der Waals surface area (Å²) in [7, 11) is 0. The zero-order valence-electron chi connectivity index (χ0n) is 16.9. The van der Waals surface area contributed by atoms with E-state index in [0.29, 0.717) is 31.2 Å². The lowest BCUT2D eigenvalue weighted by Gasteiger charge is -2.44. The Kier molecular flexibility index (Phi) is 5.59. The lowest BCUT2D eigenvalue weighted by molar-refractivity contribution is -0.132. The van der Waals surface area contributed by atoms with Crippen LogP contribution in [0.1, 0.15) is 57.4 Å². The molecule has 2 heterocycles. The molecule has 1 N–H and O–H groups in total. The van der Waals surface area contributed by atoms with Crippen molar-refractivity contribution in [2.45, 2.75) is 59.0 Å². The van der Waals surface area contributed by atoms with Gasteiger partial charge in [0.15, 0.2) is 0 Å². The fourth-order valence-corrected chi connectivity index (χ4v) is 3.84. The van der Waals surface area contributed by atoms with Gasteiger partial charge in [-0.2, -0.15) is 0 Å². The Morgan fingerprint density at radius 3 is 2.74 bits per heavy atom. The number of para-hydroxylation sites is 1. The molecular weight excluding hydrogens is 338 g/mol. The maximum atomic E-state index is 13.3. The number of nitrogens with one attached hydrogen (secondary N) is 1. The van der Waals surface area contributed by atoms with Crippen molar-refractivity contribution in [1.29, 1.82) is 0 Å². The molecule has 0 saturated carbocycles. The highest BCUT2D eigenvalue weighted by Gasteiger charge is 2.47. The highest BCUT2D eigenvalue weighted by Crippen LogP contribution is 2.32. The van der Waals surface area contributed by atoms with E-state index in [1.54, 1.807) is 4.90 Å². The summed E-state index contributed by atoms with van der Waals surface area (Å²) in [6.07, 6.45) is 2.81. The number of unbranched alkanes of at least 4 members (excludes halogenated alkanes) is 1. The summed E-state index contributed by atoms with van der Waals surface area (Å²) in [5.41, 5.74) is 0.815. The van der Waals surface area contributed by atoms with Gasteiger partial charge in [0.1, 0.15) is 11.2 Å². The van der Waals surface area contributed by atoms with Crippen molar-refractivity contribution in [3.05, 3.63) is 36.0 Å². The minimum atomic E-state index is -0.877. The standard InChI is InChI=1S/C22H31N3O2/c1-5-6-13-25-20(26)19-14-17-9-7-8-10-18(17)24(19)15-22(25,4)21(27)23-12-11-16(2)3/h7-10,14,16H,5-6,11-13,15H2,1-4H3,(H,23,27)/t22-/m1/s1. The van der Waals surface area contributed by atoms with Crippen LogP contribution in [0, 0.1) is 5.92 Å². The van der Waals surface area contributed by atoms with Crippen molar-refractivity contribution < 1.29 is 9.59 Å². The summed E-state index contributed by atoms with van der Waals surface area (Å²) in [6, 6.07) is 9.94. The fourth-order valence-electron chi connectivity index (χ4n) is 3.84. The van der Waals surface area contributed by atoms with Crippen molar-refractivity contribution in [2.75, 3.05) is 13.1 Å². The summed E-state index contributed by atoms with van der Waals surface area (Å²) in [6.45, 7) is 10.0. The minimum absolute atomic E-state index is 0.0487. The van der Waals surface area contributed by atoms with Crippen LogP contribution in [0.25, 0.3) is 10.9 Å². The molecule has 1 atom stereocenters. The van der Waals surface area contributed by atoms with Crippen LogP contribution in [0.2, 0.25) is 0 Å². The summed E-state index contributed by atoms with van der Waals surface area (Å²) >= 11 is 0. The van der Waals surface area contributed by atoms with Gasteiger partial charge in [-0.3, -0.25) is 9.59 Å². The van der Waals surface area contributed by atoms with E-state index in [4.69, 9.17) is 0 Å². The Hall–Kier alpha value is -2.30. The molecule has 0 bridgehead atoms. The first-order chi connectivity index (χ1) is 12.9. The maximum Gasteiger partial charge on any atom is 0.271 e. The first-order valence-corrected chi connectivity index (χ1v) is 10.1. The minimum Gasteiger partial charge on any atom is -0.354 e. The van der Waals surface area contributed by atoms with Crippen molar-refractivity contribution >= 4 is 22.7 Å². The maximum absolute atomic E-state index is 13.3. The molecule has 5 nitrogen and oxygen atoms in total. The molecule has 0 saturated heterocycles. The number of hydrogen-bond acceptors (Lipinski definition) is 2. The van der Waals surface area contributed by atoms with Crippen LogP contribution in [0.15, 0.2) is 30.3 Å². The quantitative estimate of drug-likeness (QED) is 0.807. The molecule has 2 aromatic rings. The van der Waals surface area contributed by atoms with Crippen molar-refractivity contribution in [3.63, 3.8) is 0 Å². The van der Waals surface area contributed by atoms with Gasteiger partial charge in [-0.15, -0.1) is 0 Å². The highest BCUT2D eigenvalue weighted by molar-refractivity contribution is 6.03. The van der Waals surface area contributed by atoms with Gasteiger partial charge < -0.3 is 14.8 Å². The Labute approximate surface area is 161 Å². The normalized spacial score (nSPS) is 19.6. The van der Waals surface area contributed by atoms with E-state index in [2.05, 4.69) is 26.1 Å². The molecule has 5 heteroatoms. The molecule has 1 aromatic carbocycles. The Morgan fingerprint density at radius 1 is 1.30 bits per heavy atom. The van der Waals surface area contributed by atoms with Gasteiger partial charge in [-0.25, -0.2) is 0 Å². The number of carbonyl (C=O) groups is 2. The molecule has 0 spiro atoms. The van der Waals surface area contributed by atoms with Gasteiger partial charge in [-0.1, -0.05) is 45.4 Å². The van der Waals surface area contributed by atoms with Crippen molar-refractivity contribution in [3.8, 4) is 0 Å². The van der Waals surface area contributed by atoms with E-state index in [9.17, 15) is 9.59 Å². The predicted molar refractivity (Wildman–Crippen MR) is 109 cm³/mol. The molecule has 3 rings (SSSR count). The number of aromatic nitrogens is 1. The van der Waals surface area contributed by atoms with Crippen LogP contribution >= 0.6 is 0 Å². The Bertz CT molecular complexity index is 839. The summed E-state index contributed by atoms with van der Waals surface area (Å²) in [5, 5.41) is 4.12. The molecule has 0 radical (unpaired) electrons. The van der Waals surface area contributed by atoms with Crippen LogP contribution in [0.4, 0.5) is 0 Å².